The van der Waals surface area contributed by atoms with E-state index in [1.807, 2.05) is 65.5 Å². The molecule has 0 bridgehead atoms. The Morgan fingerprint density at radius 3 is 1.11 bits per heavy atom. The second kappa shape index (κ2) is 52.8. The molecule has 5 fully saturated rings. The number of carbonyl (C=O) groups excluding carboxylic acids is 6. The number of carbonyl (C=O) groups is 6. The van der Waals surface area contributed by atoms with E-state index in [0.29, 0.717) is 105 Å². The molecule has 5 rings (SSSR count). The highest BCUT2D eigenvalue weighted by atomic mass is 16.5. The van der Waals surface area contributed by atoms with E-state index in [1.54, 1.807) is 0 Å². The van der Waals surface area contributed by atoms with Crippen LogP contribution in [0.2, 0.25) is 0 Å². The van der Waals surface area contributed by atoms with Crippen LogP contribution in [0.15, 0.2) is 23.3 Å². The average Bonchev–Trinajstić information content (AvgIpc) is 2.38. The number of esters is 3. The smallest absolute Gasteiger partial charge is 0.306 e. The number of amides is 1. The Kier molecular flexibility index (Phi) is 49.6. The summed E-state index contributed by atoms with van der Waals surface area (Å²) >= 11 is 0. The van der Waals surface area contributed by atoms with Crippen LogP contribution in [0, 0.1) is 59.2 Å². The summed E-state index contributed by atoms with van der Waals surface area (Å²) < 4.78 is 15.6. The first-order chi connectivity index (χ1) is 43.7. The van der Waals surface area contributed by atoms with Gasteiger partial charge in [-0.25, -0.2) is 0 Å². The fourth-order valence-corrected chi connectivity index (χ4v) is 14.6. The van der Waals surface area contributed by atoms with Crippen LogP contribution in [0.1, 0.15) is 314 Å². The molecule has 530 valence electrons. The summed E-state index contributed by atoms with van der Waals surface area (Å²) in [6.07, 6.45) is 38.8. The fourth-order valence-electron chi connectivity index (χ4n) is 14.6. The van der Waals surface area contributed by atoms with Crippen LogP contribution in [-0.4, -0.2) is 119 Å². The summed E-state index contributed by atoms with van der Waals surface area (Å²) in [5, 5.41) is 38.8. The molecule has 13 atom stereocenters. The van der Waals surface area contributed by atoms with E-state index in [9.17, 15) is 44.1 Å². The Labute approximate surface area is 555 Å². The van der Waals surface area contributed by atoms with Crippen LogP contribution in [0.25, 0.3) is 0 Å². The number of ether oxygens (including phenoxy) is 3. The van der Waals surface area contributed by atoms with Gasteiger partial charge in [0.05, 0.1) is 24.9 Å². The van der Waals surface area contributed by atoms with Gasteiger partial charge < -0.3 is 39.5 Å². The molecule has 0 aromatic heterocycles. The van der Waals surface area contributed by atoms with Crippen molar-refractivity contribution >= 4 is 35.4 Å². The van der Waals surface area contributed by atoms with Gasteiger partial charge in [-0.2, -0.15) is 0 Å². The van der Waals surface area contributed by atoms with Gasteiger partial charge in [-0.3, -0.25) is 28.8 Å². The number of hydrogen-bond acceptors (Lipinski definition) is 13. The standard InChI is InChI=1S/C17H30O3.C17H28O3.C16H29NO2.C15H28O3.C12H24O2/c2*1-4-5-6-7-15-14(8-9-16(15)18)12-17(19)20-11-10-13(2)3;1-4-7-8-9-14-13(10-11-15(14)18)12-16(19)17(5-2)6-3;1-3-5-6-7-13-12(8-9-14(13)16)11-15(17)18-10-4-2;1-2-3-4-5-11-10(8-9-13)6-7-12(11)14/h10,14-16,18H,4-9,11-12H2,1-3H3;10,14-15H,4-9,11-12H2,1-3H3;13-14H,4-12H2,1-3H3;12-14,16H,3-11H2,1-2H3;10-14H,2-9H2,1H3. The number of ketones is 2. The Bertz CT molecular complexity index is 1990. The van der Waals surface area contributed by atoms with Crippen molar-refractivity contribution in [1.82, 2.24) is 4.90 Å². The SMILES string of the molecule is CCCCCC1C(=O)CCC1CC(=O)N(CC)CC.CCCCCC1C(=O)CCC1CC(=O)OCC=C(C)C.CCCCCC1C(O)CCC1CC(=O)OCC=C(C)C.CCCCCC1C(O)CCC1CC(=O)OCCC.CCCCCC1C(O)CCC1CCO. The van der Waals surface area contributed by atoms with E-state index >= 15 is 0 Å². The first kappa shape index (κ1) is 85.6. The molecular formula is C77H139NO13. The molecule has 1 amide bonds. The average molecular weight is 1290 g/mol. The zero-order valence-electron chi connectivity index (χ0n) is 60.3. The lowest BCUT2D eigenvalue weighted by molar-refractivity contribution is -0.145. The van der Waals surface area contributed by atoms with Gasteiger partial charge in [0, 0.05) is 70.1 Å². The molecule has 0 radical (unpaired) electrons. The summed E-state index contributed by atoms with van der Waals surface area (Å²) in [5.41, 5.74) is 2.30. The summed E-state index contributed by atoms with van der Waals surface area (Å²) in [5.74, 6) is 3.65. The lowest BCUT2D eigenvalue weighted by atomic mass is 9.87. The third-order valence-corrected chi connectivity index (χ3v) is 20.2. The van der Waals surface area contributed by atoms with Crippen molar-refractivity contribution in [1.29, 1.82) is 0 Å². The van der Waals surface area contributed by atoms with E-state index < -0.39 is 0 Å². The zero-order valence-corrected chi connectivity index (χ0v) is 60.3. The molecule has 0 heterocycles. The number of rotatable bonds is 38. The van der Waals surface area contributed by atoms with E-state index in [0.717, 1.165) is 146 Å². The summed E-state index contributed by atoms with van der Waals surface area (Å²) in [6.45, 7) is 28.0. The van der Waals surface area contributed by atoms with Crippen LogP contribution in [0.5, 0.6) is 0 Å². The topological polar surface area (TPSA) is 214 Å². The van der Waals surface area contributed by atoms with Crippen molar-refractivity contribution in [2.24, 2.45) is 59.2 Å². The molecule has 0 aromatic rings. The number of allylic oxidation sites excluding steroid dienone is 2. The van der Waals surface area contributed by atoms with Crippen LogP contribution >= 0.6 is 0 Å². The van der Waals surface area contributed by atoms with Crippen molar-refractivity contribution < 1.29 is 63.4 Å². The van der Waals surface area contributed by atoms with Gasteiger partial charge in [-0.05, 0) is 197 Å². The number of aliphatic hydroxyl groups excluding tert-OH is 4. The number of hydrogen-bond donors (Lipinski definition) is 4. The van der Waals surface area contributed by atoms with Gasteiger partial charge in [0.2, 0.25) is 5.91 Å². The molecule has 14 nitrogen and oxygen atoms in total. The van der Waals surface area contributed by atoms with Crippen LogP contribution in [-0.2, 0) is 43.0 Å². The Morgan fingerprint density at radius 1 is 0.418 bits per heavy atom. The first-order valence-electron chi connectivity index (χ1n) is 37.4. The second-order valence-corrected chi connectivity index (χ2v) is 28.0. The van der Waals surface area contributed by atoms with Crippen molar-refractivity contribution in [2.45, 2.75) is 333 Å². The van der Waals surface area contributed by atoms with Gasteiger partial charge >= 0.3 is 17.9 Å². The maximum absolute atomic E-state index is 12.2. The quantitative estimate of drug-likeness (QED) is 0.0196. The normalized spacial score (nSPS) is 25.6. The minimum Gasteiger partial charge on any atom is -0.466 e. The predicted molar refractivity (Wildman–Crippen MR) is 370 cm³/mol. The summed E-state index contributed by atoms with van der Waals surface area (Å²) in [4.78, 5) is 73.2. The van der Waals surface area contributed by atoms with Crippen LogP contribution in [0.3, 0.4) is 0 Å². The molecule has 0 aromatic carbocycles. The second-order valence-electron chi connectivity index (χ2n) is 28.0. The Morgan fingerprint density at radius 2 is 0.758 bits per heavy atom. The molecule has 13 unspecified atom stereocenters. The zero-order chi connectivity index (χ0) is 67.9. The molecule has 5 aliphatic rings. The lowest BCUT2D eigenvalue weighted by Crippen LogP contribution is -2.32. The van der Waals surface area contributed by atoms with Crippen LogP contribution < -0.4 is 0 Å². The molecule has 5 aliphatic carbocycles. The maximum Gasteiger partial charge on any atom is 0.306 e. The molecule has 4 N–H and O–H groups in total. The third-order valence-electron chi connectivity index (χ3n) is 20.2. The molecule has 14 heteroatoms. The molecule has 5 saturated carbocycles. The highest BCUT2D eigenvalue weighted by Crippen LogP contribution is 2.41. The summed E-state index contributed by atoms with van der Waals surface area (Å²) in [6, 6.07) is 0. The highest BCUT2D eigenvalue weighted by Gasteiger charge is 2.39. The molecular weight excluding hydrogens is 1150 g/mol. The van der Waals surface area contributed by atoms with E-state index in [4.69, 9.17) is 19.3 Å². The molecule has 0 spiro atoms. The van der Waals surface area contributed by atoms with Crippen molar-refractivity contribution in [3.05, 3.63) is 23.3 Å². The number of Topliss-reactive ketones (excluding diaryl/α,β-unsaturated/α-hetero) is 2. The van der Waals surface area contributed by atoms with Gasteiger partial charge in [-0.1, -0.05) is 149 Å². The van der Waals surface area contributed by atoms with Crippen molar-refractivity contribution in [2.75, 3.05) is 39.5 Å². The molecule has 0 aliphatic heterocycles. The van der Waals surface area contributed by atoms with Gasteiger partial charge in [-0.15, -0.1) is 0 Å². The third kappa shape index (κ3) is 36.9. The largest absolute Gasteiger partial charge is 0.466 e. The fraction of sp³-hybridized carbons (Fsp3) is 0.870. The maximum atomic E-state index is 12.2. The monoisotopic (exact) mass is 1290 g/mol. The van der Waals surface area contributed by atoms with E-state index in [2.05, 4.69) is 34.6 Å². The van der Waals surface area contributed by atoms with Gasteiger partial charge in [0.1, 0.15) is 24.8 Å². The Balaban J connectivity index is 0.000000571. The number of unbranched alkanes of at least 4 members (excludes halogenated alkanes) is 10. The lowest BCUT2D eigenvalue weighted by Gasteiger charge is -2.23. The van der Waals surface area contributed by atoms with Crippen molar-refractivity contribution in [3.63, 3.8) is 0 Å². The van der Waals surface area contributed by atoms with E-state index in [1.165, 1.54) is 70.6 Å². The minimum absolute atomic E-state index is 0.0866. The van der Waals surface area contributed by atoms with Gasteiger partial charge in [0.25, 0.3) is 0 Å². The van der Waals surface area contributed by atoms with E-state index in [-0.39, 0.29) is 72.4 Å². The number of nitrogens with zero attached hydrogens (tertiary/aromatic N) is 1. The predicted octanol–water partition coefficient (Wildman–Crippen LogP) is 17.0. The Hall–Kier alpha value is -3.46. The summed E-state index contributed by atoms with van der Waals surface area (Å²) in [7, 11) is 0. The minimum atomic E-state index is -0.220. The van der Waals surface area contributed by atoms with Gasteiger partial charge in [0.15, 0.2) is 0 Å². The number of aliphatic hydroxyl groups is 4. The van der Waals surface area contributed by atoms with Crippen molar-refractivity contribution in [3.8, 4) is 0 Å². The first-order valence-corrected chi connectivity index (χ1v) is 37.4. The molecule has 91 heavy (non-hydrogen) atoms. The highest BCUT2D eigenvalue weighted by molar-refractivity contribution is 5.85. The van der Waals surface area contributed by atoms with Crippen LogP contribution in [0.4, 0.5) is 0 Å². The molecule has 0 saturated heterocycles.